The Morgan fingerprint density at radius 2 is 1.88 bits per heavy atom. The molecule has 0 radical (unpaired) electrons. The van der Waals surface area contributed by atoms with E-state index in [4.69, 9.17) is 5.73 Å². The molecule has 6 N–H and O–H groups in total. The average molecular weight is 372 g/mol. The molecule has 0 aliphatic rings. The summed E-state index contributed by atoms with van der Waals surface area (Å²) in [5.74, 6) is -0.181. The molecule has 7 nitrogen and oxygen atoms in total. The molecule has 24 heavy (non-hydrogen) atoms. The van der Waals surface area contributed by atoms with Crippen molar-refractivity contribution >= 4 is 47.4 Å². The van der Waals surface area contributed by atoms with Gasteiger partial charge in [0.25, 0.3) is 5.91 Å². The van der Waals surface area contributed by atoms with Gasteiger partial charge in [0, 0.05) is 17.8 Å². The first kappa shape index (κ1) is 21.8. The van der Waals surface area contributed by atoms with E-state index in [1.165, 1.54) is 0 Å². The van der Waals surface area contributed by atoms with E-state index in [9.17, 15) is 4.79 Å². The second kappa shape index (κ2) is 9.19. The number of nitrogens with one attached hydrogen (secondary N) is 2. The van der Waals surface area contributed by atoms with Crippen LogP contribution < -0.4 is 11.1 Å². The Kier molecular flexibility index (Phi) is 8.35. The van der Waals surface area contributed by atoms with Crippen molar-refractivity contribution in [2.24, 2.45) is 5.73 Å². The number of hydrogen-bond donors (Lipinski definition) is 3. The van der Waals surface area contributed by atoms with Gasteiger partial charge in [0.05, 0.1) is 17.3 Å². The standard InChI is InChI=1S/C15H15N5O.2ClH.H2O/c1-9(16)10-2-4-11(5-3-10)15(21)19-13-6-7-17-14-12(13)8-18-20-14;;;/h2-9H,16H2,1H3,(H2,17,18,19,20,21);2*1H;1H2. The molecule has 2 heterocycles. The SMILES string of the molecule is CC(N)c1ccc(C(=O)Nc2ccnc3[nH]ncc23)cc1.Cl.Cl.O. The lowest BCUT2D eigenvalue weighted by atomic mass is 10.1. The van der Waals surface area contributed by atoms with E-state index in [0.29, 0.717) is 16.9 Å². The number of halogens is 2. The van der Waals surface area contributed by atoms with Crippen LogP contribution in [-0.2, 0) is 0 Å². The van der Waals surface area contributed by atoms with Crippen molar-refractivity contribution in [2.75, 3.05) is 5.32 Å². The number of nitrogens with zero attached hydrogens (tertiary/aromatic N) is 2. The molecule has 1 atom stereocenters. The number of fused-ring (bicyclic) bond motifs is 1. The number of hydrogen-bond acceptors (Lipinski definition) is 4. The second-order valence-corrected chi connectivity index (χ2v) is 4.86. The summed E-state index contributed by atoms with van der Waals surface area (Å²) in [6.07, 6.45) is 3.26. The van der Waals surface area contributed by atoms with Gasteiger partial charge in [-0.2, -0.15) is 5.10 Å². The molecule has 3 rings (SSSR count). The van der Waals surface area contributed by atoms with Crippen LogP contribution in [0.25, 0.3) is 11.0 Å². The summed E-state index contributed by atoms with van der Waals surface area (Å²) in [5, 5.41) is 10.3. The number of anilines is 1. The van der Waals surface area contributed by atoms with Crippen molar-refractivity contribution in [3.8, 4) is 0 Å². The minimum Gasteiger partial charge on any atom is -0.412 e. The van der Waals surface area contributed by atoms with Gasteiger partial charge in [-0.15, -0.1) is 24.8 Å². The molecular formula is C15H19Cl2N5O2. The number of aromatic amines is 1. The summed E-state index contributed by atoms with van der Waals surface area (Å²) in [6.45, 7) is 1.90. The van der Waals surface area contributed by atoms with Gasteiger partial charge in [0.15, 0.2) is 5.65 Å². The van der Waals surface area contributed by atoms with Crippen LogP contribution in [0.5, 0.6) is 0 Å². The van der Waals surface area contributed by atoms with Crippen LogP contribution in [0.4, 0.5) is 5.69 Å². The van der Waals surface area contributed by atoms with E-state index in [-0.39, 0.29) is 42.2 Å². The molecule has 0 aliphatic carbocycles. The normalized spacial score (nSPS) is 10.8. The maximum Gasteiger partial charge on any atom is 0.255 e. The lowest BCUT2D eigenvalue weighted by molar-refractivity contribution is 0.102. The summed E-state index contributed by atoms with van der Waals surface area (Å²) in [7, 11) is 0. The van der Waals surface area contributed by atoms with Gasteiger partial charge >= 0.3 is 0 Å². The first-order chi connectivity index (χ1) is 10.1. The molecule has 3 aromatic rings. The van der Waals surface area contributed by atoms with Crippen LogP contribution in [-0.4, -0.2) is 26.6 Å². The van der Waals surface area contributed by atoms with Crippen molar-refractivity contribution in [3.05, 3.63) is 53.9 Å². The lowest BCUT2D eigenvalue weighted by Gasteiger charge is -2.08. The van der Waals surface area contributed by atoms with Crippen LogP contribution in [0.3, 0.4) is 0 Å². The van der Waals surface area contributed by atoms with Crippen molar-refractivity contribution in [3.63, 3.8) is 0 Å². The molecule has 0 spiro atoms. The minimum absolute atomic E-state index is 0. The van der Waals surface area contributed by atoms with Crippen LogP contribution in [0.2, 0.25) is 0 Å². The van der Waals surface area contributed by atoms with E-state index in [2.05, 4.69) is 20.5 Å². The molecule has 0 saturated carbocycles. The molecule has 0 bridgehead atoms. The van der Waals surface area contributed by atoms with E-state index in [0.717, 1.165) is 10.9 Å². The molecule has 1 aromatic carbocycles. The zero-order valence-electron chi connectivity index (χ0n) is 12.8. The summed E-state index contributed by atoms with van der Waals surface area (Å²) in [4.78, 5) is 16.4. The molecule has 1 amide bonds. The Labute approximate surface area is 151 Å². The number of benzene rings is 1. The van der Waals surface area contributed by atoms with Crippen LogP contribution in [0.15, 0.2) is 42.7 Å². The van der Waals surface area contributed by atoms with E-state index in [1.54, 1.807) is 30.6 Å². The Morgan fingerprint density at radius 3 is 2.50 bits per heavy atom. The van der Waals surface area contributed by atoms with E-state index in [1.807, 2.05) is 19.1 Å². The Morgan fingerprint density at radius 1 is 1.21 bits per heavy atom. The number of nitrogens with two attached hydrogens (primary N) is 1. The number of carbonyl (C=O) groups excluding carboxylic acids is 1. The Bertz CT molecular complexity index is 790. The number of rotatable bonds is 3. The zero-order valence-corrected chi connectivity index (χ0v) is 14.4. The highest BCUT2D eigenvalue weighted by Crippen LogP contribution is 2.20. The van der Waals surface area contributed by atoms with Gasteiger partial charge in [-0.05, 0) is 30.7 Å². The Hall–Kier alpha value is -2.19. The third-order valence-electron chi connectivity index (χ3n) is 3.30. The highest BCUT2D eigenvalue weighted by Gasteiger charge is 2.10. The lowest BCUT2D eigenvalue weighted by Crippen LogP contribution is -2.12. The number of H-pyrrole nitrogens is 1. The number of aromatic nitrogens is 3. The first-order valence-corrected chi connectivity index (χ1v) is 6.60. The largest absolute Gasteiger partial charge is 0.412 e. The quantitative estimate of drug-likeness (QED) is 0.651. The van der Waals surface area contributed by atoms with Gasteiger partial charge in [-0.25, -0.2) is 4.98 Å². The highest BCUT2D eigenvalue weighted by molar-refractivity contribution is 6.08. The predicted molar refractivity (Wildman–Crippen MR) is 99.0 cm³/mol. The van der Waals surface area contributed by atoms with Gasteiger partial charge in [-0.3, -0.25) is 9.89 Å². The minimum atomic E-state index is -0.181. The smallest absolute Gasteiger partial charge is 0.255 e. The maximum absolute atomic E-state index is 12.3. The van der Waals surface area contributed by atoms with Crippen molar-refractivity contribution < 1.29 is 10.3 Å². The van der Waals surface area contributed by atoms with Gasteiger partial charge in [0.1, 0.15) is 0 Å². The topological polar surface area (TPSA) is 128 Å². The third kappa shape index (κ3) is 4.42. The fraction of sp³-hybridized carbons (Fsp3) is 0.133. The zero-order chi connectivity index (χ0) is 14.8. The number of carbonyl (C=O) groups is 1. The van der Waals surface area contributed by atoms with E-state index < -0.39 is 0 Å². The summed E-state index contributed by atoms with van der Waals surface area (Å²) in [6, 6.07) is 8.95. The van der Waals surface area contributed by atoms with Crippen molar-refractivity contribution in [1.82, 2.24) is 15.2 Å². The second-order valence-electron chi connectivity index (χ2n) is 4.86. The summed E-state index contributed by atoms with van der Waals surface area (Å²) >= 11 is 0. The maximum atomic E-state index is 12.3. The fourth-order valence-electron chi connectivity index (χ4n) is 2.09. The third-order valence-corrected chi connectivity index (χ3v) is 3.30. The molecule has 130 valence electrons. The first-order valence-electron chi connectivity index (χ1n) is 6.60. The summed E-state index contributed by atoms with van der Waals surface area (Å²) < 4.78 is 0. The van der Waals surface area contributed by atoms with Gasteiger partial charge < -0.3 is 16.5 Å². The molecular weight excluding hydrogens is 353 g/mol. The monoisotopic (exact) mass is 371 g/mol. The molecule has 9 heteroatoms. The Balaban J connectivity index is 0.00000176. The molecule has 0 fully saturated rings. The van der Waals surface area contributed by atoms with E-state index >= 15 is 0 Å². The number of pyridine rings is 1. The van der Waals surface area contributed by atoms with Crippen molar-refractivity contribution in [1.29, 1.82) is 0 Å². The summed E-state index contributed by atoms with van der Waals surface area (Å²) in [5.41, 5.74) is 8.68. The molecule has 0 saturated heterocycles. The highest BCUT2D eigenvalue weighted by atomic mass is 35.5. The molecule has 1 unspecified atom stereocenters. The van der Waals surface area contributed by atoms with Gasteiger partial charge in [0.2, 0.25) is 0 Å². The van der Waals surface area contributed by atoms with Crippen molar-refractivity contribution in [2.45, 2.75) is 13.0 Å². The fourth-order valence-corrected chi connectivity index (χ4v) is 2.09. The van der Waals surface area contributed by atoms with Crippen LogP contribution in [0, 0.1) is 0 Å². The number of amides is 1. The van der Waals surface area contributed by atoms with Crippen LogP contribution in [0.1, 0.15) is 28.9 Å². The van der Waals surface area contributed by atoms with Gasteiger partial charge in [-0.1, -0.05) is 12.1 Å². The van der Waals surface area contributed by atoms with Crippen LogP contribution >= 0.6 is 24.8 Å². The molecule has 0 aliphatic heterocycles. The molecule has 2 aromatic heterocycles. The average Bonchev–Trinajstić information content (AvgIpc) is 2.97. The predicted octanol–water partition coefficient (Wildman–Crippen LogP) is 2.25.